The number of rotatable bonds is 7. The SMILES string of the molecule is Cc1ccc(S(=O)(=O)N(CCCN)CC(C)C)cc1. The number of nitrogens with zero attached hydrogens (tertiary/aromatic N) is 1. The molecule has 0 aliphatic carbocycles. The molecule has 1 rings (SSSR count). The molecule has 0 unspecified atom stereocenters. The van der Waals surface area contributed by atoms with Gasteiger partial charge in [-0.25, -0.2) is 8.42 Å². The van der Waals surface area contributed by atoms with Crippen LogP contribution in [0.1, 0.15) is 25.8 Å². The predicted molar refractivity (Wildman–Crippen MR) is 78.4 cm³/mol. The monoisotopic (exact) mass is 284 g/mol. The average Bonchev–Trinajstić information content (AvgIpc) is 2.34. The number of hydrogen-bond donors (Lipinski definition) is 1. The van der Waals surface area contributed by atoms with E-state index in [9.17, 15) is 8.42 Å². The standard InChI is InChI=1S/C14H24N2O2S/c1-12(2)11-16(10-4-9-15)19(17,18)14-7-5-13(3)6-8-14/h5-8,12H,4,9-11,15H2,1-3H3. The second-order valence-corrected chi connectivity index (χ2v) is 7.15. The van der Waals surface area contributed by atoms with Gasteiger partial charge in [0.1, 0.15) is 0 Å². The summed E-state index contributed by atoms with van der Waals surface area (Å²) in [5.74, 6) is 0.290. The Balaban J connectivity index is 3.00. The van der Waals surface area contributed by atoms with Gasteiger partial charge in [-0.2, -0.15) is 4.31 Å². The number of hydrogen-bond acceptors (Lipinski definition) is 3. The van der Waals surface area contributed by atoms with Crippen LogP contribution in [0.25, 0.3) is 0 Å². The first kappa shape index (κ1) is 16.1. The van der Waals surface area contributed by atoms with Crippen LogP contribution in [0.2, 0.25) is 0 Å². The van der Waals surface area contributed by atoms with E-state index in [-0.39, 0.29) is 5.92 Å². The quantitative estimate of drug-likeness (QED) is 0.833. The lowest BCUT2D eigenvalue weighted by Crippen LogP contribution is -2.35. The van der Waals surface area contributed by atoms with Crippen molar-refractivity contribution in [1.29, 1.82) is 0 Å². The van der Waals surface area contributed by atoms with Gasteiger partial charge in [-0.15, -0.1) is 0 Å². The maximum atomic E-state index is 12.6. The highest BCUT2D eigenvalue weighted by Gasteiger charge is 2.24. The first-order valence-electron chi connectivity index (χ1n) is 6.65. The lowest BCUT2D eigenvalue weighted by molar-refractivity contribution is 0.364. The Hall–Kier alpha value is -0.910. The summed E-state index contributed by atoms with van der Waals surface area (Å²) in [5, 5.41) is 0. The average molecular weight is 284 g/mol. The molecule has 0 aliphatic rings. The van der Waals surface area contributed by atoms with Crippen LogP contribution in [-0.2, 0) is 10.0 Å². The van der Waals surface area contributed by atoms with Crippen molar-refractivity contribution in [1.82, 2.24) is 4.31 Å². The molecule has 108 valence electrons. The zero-order chi connectivity index (χ0) is 14.5. The van der Waals surface area contributed by atoms with Gasteiger partial charge in [0.15, 0.2) is 0 Å². The molecule has 0 heterocycles. The molecular weight excluding hydrogens is 260 g/mol. The Labute approximate surface area is 116 Å². The summed E-state index contributed by atoms with van der Waals surface area (Å²) >= 11 is 0. The Bertz CT molecular complexity index is 481. The predicted octanol–water partition coefficient (Wildman–Crippen LogP) is 1.99. The van der Waals surface area contributed by atoms with Crippen molar-refractivity contribution in [3.8, 4) is 0 Å². The van der Waals surface area contributed by atoms with Crippen LogP contribution in [0.15, 0.2) is 29.2 Å². The lowest BCUT2D eigenvalue weighted by atomic mass is 10.2. The van der Waals surface area contributed by atoms with E-state index in [0.29, 0.717) is 31.0 Å². The van der Waals surface area contributed by atoms with Gasteiger partial charge in [-0.05, 0) is 37.9 Å². The third-order valence-corrected chi connectivity index (χ3v) is 4.72. The summed E-state index contributed by atoms with van der Waals surface area (Å²) in [7, 11) is -3.41. The highest BCUT2D eigenvalue weighted by atomic mass is 32.2. The molecule has 4 nitrogen and oxygen atoms in total. The largest absolute Gasteiger partial charge is 0.330 e. The lowest BCUT2D eigenvalue weighted by Gasteiger charge is -2.23. The summed E-state index contributed by atoms with van der Waals surface area (Å²) in [6.45, 7) is 7.47. The summed E-state index contributed by atoms with van der Waals surface area (Å²) in [4.78, 5) is 0.357. The molecule has 0 radical (unpaired) electrons. The molecule has 0 amide bonds. The van der Waals surface area contributed by atoms with E-state index in [1.54, 1.807) is 12.1 Å². The van der Waals surface area contributed by atoms with E-state index in [1.807, 2.05) is 32.9 Å². The zero-order valence-corrected chi connectivity index (χ0v) is 12.8. The molecular formula is C14H24N2O2S. The third-order valence-electron chi connectivity index (χ3n) is 2.84. The fourth-order valence-corrected chi connectivity index (χ4v) is 3.49. The third kappa shape index (κ3) is 4.60. The van der Waals surface area contributed by atoms with Gasteiger partial charge in [-0.1, -0.05) is 31.5 Å². The summed E-state index contributed by atoms with van der Waals surface area (Å²) in [5.41, 5.74) is 6.54. The van der Waals surface area contributed by atoms with Crippen LogP contribution in [-0.4, -0.2) is 32.4 Å². The van der Waals surface area contributed by atoms with E-state index in [2.05, 4.69) is 0 Å². The van der Waals surface area contributed by atoms with Crippen molar-refractivity contribution in [2.45, 2.75) is 32.1 Å². The first-order valence-corrected chi connectivity index (χ1v) is 8.09. The van der Waals surface area contributed by atoms with Crippen LogP contribution in [0.5, 0.6) is 0 Å². The molecule has 19 heavy (non-hydrogen) atoms. The minimum Gasteiger partial charge on any atom is -0.330 e. The Morgan fingerprint density at radius 3 is 2.26 bits per heavy atom. The normalized spacial score (nSPS) is 12.3. The first-order chi connectivity index (χ1) is 8.87. The summed E-state index contributed by atoms with van der Waals surface area (Å²) in [6, 6.07) is 6.98. The van der Waals surface area contributed by atoms with Crippen LogP contribution < -0.4 is 5.73 Å². The van der Waals surface area contributed by atoms with Crippen LogP contribution in [0.3, 0.4) is 0 Å². The van der Waals surface area contributed by atoms with Crippen LogP contribution >= 0.6 is 0 Å². The zero-order valence-electron chi connectivity index (χ0n) is 12.0. The van der Waals surface area contributed by atoms with E-state index >= 15 is 0 Å². The van der Waals surface area contributed by atoms with Crippen molar-refractivity contribution < 1.29 is 8.42 Å². The van der Waals surface area contributed by atoms with Crippen molar-refractivity contribution in [2.24, 2.45) is 11.7 Å². The molecule has 5 heteroatoms. The molecule has 0 saturated heterocycles. The van der Waals surface area contributed by atoms with Gasteiger partial charge in [0, 0.05) is 13.1 Å². The molecule has 0 fully saturated rings. The second-order valence-electron chi connectivity index (χ2n) is 5.21. The number of sulfonamides is 1. The minimum absolute atomic E-state index is 0.290. The molecule has 0 aliphatic heterocycles. The molecule has 0 aromatic heterocycles. The number of nitrogens with two attached hydrogens (primary N) is 1. The van der Waals surface area contributed by atoms with Crippen LogP contribution in [0, 0.1) is 12.8 Å². The van der Waals surface area contributed by atoms with Gasteiger partial charge in [0.25, 0.3) is 0 Å². The molecule has 2 N–H and O–H groups in total. The Morgan fingerprint density at radius 2 is 1.79 bits per heavy atom. The Kier molecular flexibility index (Phi) is 5.97. The second kappa shape index (κ2) is 7.03. The maximum Gasteiger partial charge on any atom is 0.243 e. The van der Waals surface area contributed by atoms with Crippen molar-refractivity contribution >= 4 is 10.0 Å². The highest BCUT2D eigenvalue weighted by Crippen LogP contribution is 2.18. The minimum atomic E-state index is -3.41. The molecule has 0 saturated carbocycles. The fourth-order valence-electron chi connectivity index (χ4n) is 1.84. The smallest absolute Gasteiger partial charge is 0.243 e. The Morgan fingerprint density at radius 1 is 1.21 bits per heavy atom. The molecule has 1 aromatic rings. The molecule has 0 spiro atoms. The highest BCUT2D eigenvalue weighted by molar-refractivity contribution is 7.89. The van der Waals surface area contributed by atoms with Gasteiger partial charge in [-0.3, -0.25) is 0 Å². The van der Waals surface area contributed by atoms with E-state index in [4.69, 9.17) is 5.73 Å². The topological polar surface area (TPSA) is 63.4 Å². The molecule has 0 atom stereocenters. The van der Waals surface area contributed by atoms with Gasteiger partial charge in [0.2, 0.25) is 10.0 Å². The van der Waals surface area contributed by atoms with Crippen molar-refractivity contribution in [2.75, 3.05) is 19.6 Å². The summed E-state index contributed by atoms with van der Waals surface area (Å²) in [6.07, 6.45) is 0.678. The van der Waals surface area contributed by atoms with Crippen LogP contribution in [0.4, 0.5) is 0 Å². The van der Waals surface area contributed by atoms with E-state index < -0.39 is 10.0 Å². The van der Waals surface area contributed by atoms with Gasteiger partial charge in [0.05, 0.1) is 4.90 Å². The molecule has 0 bridgehead atoms. The molecule has 1 aromatic carbocycles. The fraction of sp³-hybridized carbons (Fsp3) is 0.571. The summed E-state index contributed by atoms with van der Waals surface area (Å²) < 4.78 is 26.7. The number of benzene rings is 1. The van der Waals surface area contributed by atoms with E-state index in [1.165, 1.54) is 4.31 Å². The maximum absolute atomic E-state index is 12.6. The van der Waals surface area contributed by atoms with Gasteiger partial charge >= 0.3 is 0 Å². The van der Waals surface area contributed by atoms with Gasteiger partial charge < -0.3 is 5.73 Å². The van der Waals surface area contributed by atoms with E-state index in [0.717, 1.165) is 5.56 Å². The number of aryl methyl sites for hydroxylation is 1. The van der Waals surface area contributed by atoms with Crippen molar-refractivity contribution in [3.05, 3.63) is 29.8 Å². The van der Waals surface area contributed by atoms with Crippen molar-refractivity contribution in [3.63, 3.8) is 0 Å².